The number of methoxy groups -OCH3 is 1. The van der Waals surface area contributed by atoms with Crippen molar-refractivity contribution < 1.29 is 9.53 Å². The van der Waals surface area contributed by atoms with Crippen LogP contribution >= 0.6 is 0 Å². The van der Waals surface area contributed by atoms with Crippen LogP contribution in [0, 0.1) is 0 Å². The number of benzene rings is 2. The third kappa shape index (κ3) is 2.91. The van der Waals surface area contributed by atoms with Crippen LogP contribution in [0.25, 0.3) is 0 Å². The highest BCUT2D eigenvalue weighted by Crippen LogP contribution is 2.16. The molecule has 0 atom stereocenters. The lowest BCUT2D eigenvalue weighted by Crippen LogP contribution is -2.26. The van der Waals surface area contributed by atoms with E-state index in [-0.39, 0.29) is 5.78 Å². The largest absolute Gasteiger partial charge is 0.497 e. The summed E-state index contributed by atoms with van der Waals surface area (Å²) in [5.41, 5.74) is 2.28. The van der Waals surface area contributed by atoms with Crippen molar-refractivity contribution >= 4 is 11.6 Å². The summed E-state index contributed by atoms with van der Waals surface area (Å²) < 4.78 is 5.10. The number of hydrogen-bond acceptors (Lipinski definition) is 4. The van der Waals surface area contributed by atoms with Crippen molar-refractivity contribution in [2.75, 3.05) is 13.7 Å². The molecule has 0 aromatic heterocycles. The molecule has 0 unspecified atom stereocenters. The first-order valence-electron chi connectivity index (χ1n) is 7.02. The van der Waals surface area contributed by atoms with Gasteiger partial charge in [-0.15, -0.1) is 0 Å². The summed E-state index contributed by atoms with van der Waals surface area (Å²) in [6.45, 7) is 0.377. The first-order valence-corrected chi connectivity index (χ1v) is 7.02. The number of ether oxygens (including phenoxy) is 1. The standard InChI is InChI=1S/C18H16N2O2/c1-22-16-9-7-13(8-10-16)17(21)15-11-19-18(20-12-15)14-5-3-2-4-6-14/h2-11H,12H2,1H3,(H,19,20). The fourth-order valence-electron chi connectivity index (χ4n) is 2.25. The van der Waals surface area contributed by atoms with E-state index in [9.17, 15) is 4.79 Å². The van der Waals surface area contributed by atoms with Crippen molar-refractivity contribution in [2.24, 2.45) is 4.99 Å². The first kappa shape index (κ1) is 14.1. The van der Waals surface area contributed by atoms with Gasteiger partial charge in [0.05, 0.1) is 13.7 Å². The normalized spacial score (nSPS) is 13.7. The summed E-state index contributed by atoms with van der Waals surface area (Å²) in [5, 5.41) is 3.10. The van der Waals surface area contributed by atoms with Crippen LogP contribution in [0.2, 0.25) is 0 Å². The molecule has 0 bridgehead atoms. The number of nitrogens with one attached hydrogen (secondary N) is 1. The quantitative estimate of drug-likeness (QED) is 0.882. The van der Waals surface area contributed by atoms with Crippen LogP contribution in [0.4, 0.5) is 0 Å². The Bertz CT molecular complexity index is 731. The Balaban J connectivity index is 1.72. The van der Waals surface area contributed by atoms with Crippen LogP contribution < -0.4 is 10.1 Å². The van der Waals surface area contributed by atoms with E-state index in [1.165, 1.54) is 0 Å². The van der Waals surface area contributed by atoms with Gasteiger partial charge in [0, 0.05) is 22.9 Å². The minimum absolute atomic E-state index is 0.0222. The van der Waals surface area contributed by atoms with Gasteiger partial charge < -0.3 is 10.1 Å². The monoisotopic (exact) mass is 292 g/mol. The molecule has 1 aliphatic rings. The van der Waals surface area contributed by atoms with Crippen molar-refractivity contribution in [1.29, 1.82) is 0 Å². The highest BCUT2D eigenvalue weighted by atomic mass is 16.5. The summed E-state index contributed by atoms with van der Waals surface area (Å²) in [6.07, 6.45) is 1.74. The lowest BCUT2D eigenvalue weighted by atomic mass is 10.0. The number of rotatable bonds is 4. The number of amidine groups is 1. The SMILES string of the molecule is COc1ccc(C(=O)C2=CNC(c3ccccc3)=NC2)cc1. The molecule has 22 heavy (non-hydrogen) atoms. The molecule has 0 amide bonds. The number of carbonyl (C=O) groups is 1. The molecule has 1 heterocycles. The zero-order valence-electron chi connectivity index (χ0n) is 12.2. The van der Waals surface area contributed by atoms with Crippen LogP contribution in [0.15, 0.2) is 71.4 Å². The predicted octanol–water partition coefficient (Wildman–Crippen LogP) is 2.81. The Kier molecular flexibility index (Phi) is 4.01. The van der Waals surface area contributed by atoms with Gasteiger partial charge in [0.15, 0.2) is 5.78 Å². The van der Waals surface area contributed by atoms with E-state index in [2.05, 4.69) is 10.3 Å². The second kappa shape index (κ2) is 6.26. The summed E-state index contributed by atoms with van der Waals surface area (Å²) in [7, 11) is 1.60. The van der Waals surface area contributed by atoms with E-state index in [0.29, 0.717) is 17.7 Å². The second-order valence-electron chi connectivity index (χ2n) is 4.90. The van der Waals surface area contributed by atoms with E-state index in [1.54, 1.807) is 37.6 Å². The zero-order valence-corrected chi connectivity index (χ0v) is 12.2. The summed E-state index contributed by atoms with van der Waals surface area (Å²) in [5.74, 6) is 1.49. The molecule has 0 spiro atoms. The van der Waals surface area contributed by atoms with Crippen LogP contribution in [-0.4, -0.2) is 25.3 Å². The van der Waals surface area contributed by atoms with Gasteiger partial charge in [-0.1, -0.05) is 30.3 Å². The first-order chi connectivity index (χ1) is 10.8. The smallest absolute Gasteiger partial charge is 0.192 e. The van der Waals surface area contributed by atoms with Crippen LogP contribution in [0.5, 0.6) is 5.75 Å². The minimum atomic E-state index is -0.0222. The number of nitrogens with zero attached hydrogens (tertiary/aromatic N) is 1. The van der Waals surface area contributed by atoms with E-state index < -0.39 is 0 Å². The molecule has 4 heteroatoms. The third-order valence-corrected chi connectivity index (χ3v) is 3.48. The maximum absolute atomic E-state index is 12.4. The molecular weight excluding hydrogens is 276 g/mol. The fourth-order valence-corrected chi connectivity index (χ4v) is 2.25. The van der Waals surface area contributed by atoms with Gasteiger partial charge in [-0.3, -0.25) is 9.79 Å². The molecule has 1 N–H and O–H groups in total. The van der Waals surface area contributed by atoms with Gasteiger partial charge in [0.25, 0.3) is 0 Å². The van der Waals surface area contributed by atoms with Gasteiger partial charge in [-0.05, 0) is 24.3 Å². The second-order valence-corrected chi connectivity index (χ2v) is 4.90. The van der Waals surface area contributed by atoms with E-state index in [0.717, 1.165) is 17.1 Å². The van der Waals surface area contributed by atoms with Gasteiger partial charge in [0.1, 0.15) is 11.6 Å². The maximum Gasteiger partial charge on any atom is 0.192 e. The van der Waals surface area contributed by atoms with Crippen molar-refractivity contribution in [3.63, 3.8) is 0 Å². The van der Waals surface area contributed by atoms with Crippen molar-refractivity contribution in [3.8, 4) is 5.75 Å². The number of hydrogen-bond donors (Lipinski definition) is 1. The van der Waals surface area contributed by atoms with E-state index in [1.807, 2.05) is 30.3 Å². The van der Waals surface area contributed by atoms with Crippen molar-refractivity contribution in [3.05, 3.63) is 77.5 Å². The van der Waals surface area contributed by atoms with Gasteiger partial charge in [-0.2, -0.15) is 0 Å². The number of ketones is 1. The molecule has 0 aliphatic carbocycles. The number of Topliss-reactive ketones (excluding diaryl/α,β-unsaturated/α-hetero) is 1. The molecule has 0 fully saturated rings. The number of aliphatic imine (C=N–C) groups is 1. The lowest BCUT2D eigenvalue weighted by Gasteiger charge is -2.14. The van der Waals surface area contributed by atoms with Gasteiger partial charge in [0.2, 0.25) is 0 Å². The third-order valence-electron chi connectivity index (χ3n) is 3.48. The zero-order chi connectivity index (χ0) is 15.4. The van der Waals surface area contributed by atoms with Crippen molar-refractivity contribution in [2.45, 2.75) is 0 Å². The highest BCUT2D eigenvalue weighted by molar-refractivity contribution is 6.11. The summed E-state index contributed by atoms with van der Waals surface area (Å²) in [6, 6.07) is 16.9. The molecule has 0 radical (unpaired) electrons. The molecule has 0 saturated carbocycles. The van der Waals surface area contributed by atoms with E-state index in [4.69, 9.17) is 4.74 Å². The molecule has 0 saturated heterocycles. The Labute approximate surface area is 129 Å². The molecule has 2 aromatic carbocycles. The fraction of sp³-hybridized carbons (Fsp3) is 0.111. The number of carbonyl (C=O) groups excluding carboxylic acids is 1. The molecule has 4 nitrogen and oxygen atoms in total. The maximum atomic E-state index is 12.4. The molecule has 3 rings (SSSR count). The average molecular weight is 292 g/mol. The van der Waals surface area contributed by atoms with Gasteiger partial charge >= 0.3 is 0 Å². The highest BCUT2D eigenvalue weighted by Gasteiger charge is 2.16. The average Bonchev–Trinajstić information content (AvgIpc) is 2.62. The predicted molar refractivity (Wildman–Crippen MR) is 86.4 cm³/mol. The van der Waals surface area contributed by atoms with Crippen LogP contribution in [0.1, 0.15) is 15.9 Å². The van der Waals surface area contributed by atoms with Crippen LogP contribution in [-0.2, 0) is 0 Å². The van der Waals surface area contributed by atoms with E-state index >= 15 is 0 Å². The summed E-state index contributed by atoms with van der Waals surface area (Å²) in [4.78, 5) is 16.9. The topological polar surface area (TPSA) is 50.7 Å². The summed E-state index contributed by atoms with van der Waals surface area (Å²) >= 11 is 0. The Morgan fingerprint density at radius 3 is 2.41 bits per heavy atom. The Morgan fingerprint density at radius 1 is 1.09 bits per heavy atom. The Hall–Kier alpha value is -2.88. The lowest BCUT2D eigenvalue weighted by molar-refractivity contribution is 0.103. The Morgan fingerprint density at radius 2 is 1.82 bits per heavy atom. The molecule has 110 valence electrons. The molecular formula is C18H16N2O2. The molecule has 1 aliphatic heterocycles. The molecule has 2 aromatic rings. The van der Waals surface area contributed by atoms with Crippen molar-refractivity contribution in [1.82, 2.24) is 5.32 Å². The van der Waals surface area contributed by atoms with Gasteiger partial charge in [-0.25, -0.2) is 0 Å². The minimum Gasteiger partial charge on any atom is -0.497 e. The van der Waals surface area contributed by atoms with Crippen LogP contribution in [0.3, 0.4) is 0 Å².